The highest BCUT2D eigenvalue weighted by molar-refractivity contribution is 8.00. The van der Waals surface area contributed by atoms with Crippen LogP contribution in [0.25, 0.3) is 0 Å². The lowest BCUT2D eigenvalue weighted by atomic mass is 10.2. The van der Waals surface area contributed by atoms with Crippen molar-refractivity contribution >= 4 is 33.4 Å². The quantitative estimate of drug-likeness (QED) is 0.591. The van der Waals surface area contributed by atoms with Gasteiger partial charge in [-0.05, 0) is 63.1 Å². The second-order valence-corrected chi connectivity index (χ2v) is 10.7. The zero-order valence-corrected chi connectivity index (χ0v) is 19.5. The summed E-state index contributed by atoms with van der Waals surface area (Å²) in [7, 11) is -3.52. The number of hydrogen-bond acceptors (Lipinski definition) is 6. The van der Waals surface area contributed by atoms with E-state index in [-0.39, 0.29) is 10.8 Å². The average Bonchev–Trinajstić information content (AvgIpc) is 3.06. The molecule has 0 radical (unpaired) electrons. The van der Waals surface area contributed by atoms with Crippen LogP contribution < -0.4 is 10.1 Å². The van der Waals surface area contributed by atoms with Crippen LogP contribution in [0.2, 0.25) is 0 Å². The minimum Gasteiger partial charge on any atom is -0.494 e. The van der Waals surface area contributed by atoms with E-state index >= 15 is 0 Å². The Balaban J connectivity index is 1.58. The molecule has 1 aliphatic rings. The third-order valence-corrected chi connectivity index (χ3v) is 7.94. The standard InChI is InChI=1S/C22H29N3O4S2/c1-3-29-19-10-8-18(9-11-19)24-22(26)17(2)30-21-13-12-20(16-23-21)31(27,28)25-14-6-4-5-7-15-25/h8-13,16-17H,3-7,14-15H2,1-2H3,(H,24,26). The molecule has 0 saturated carbocycles. The number of benzene rings is 1. The molecule has 1 aromatic carbocycles. The average molecular weight is 464 g/mol. The van der Waals surface area contributed by atoms with Gasteiger partial charge in [-0.15, -0.1) is 0 Å². The Morgan fingerprint density at radius 3 is 2.39 bits per heavy atom. The zero-order valence-electron chi connectivity index (χ0n) is 17.9. The van der Waals surface area contributed by atoms with Gasteiger partial charge in [0, 0.05) is 25.0 Å². The zero-order chi connectivity index (χ0) is 22.3. The van der Waals surface area contributed by atoms with Crippen molar-refractivity contribution in [3.63, 3.8) is 0 Å². The number of rotatable bonds is 8. The van der Waals surface area contributed by atoms with E-state index in [1.54, 1.807) is 35.5 Å². The predicted molar refractivity (Wildman–Crippen MR) is 123 cm³/mol. The fraction of sp³-hybridized carbons (Fsp3) is 0.455. The molecule has 1 aliphatic heterocycles. The Kier molecular flexibility index (Phi) is 8.34. The summed E-state index contributed by atoms with van der Waals surface area (Å²) in [5.74, 6) is 0.597. The largest absolute Gasteiger partial charge is 0.494 e. The van der Waals surface area contributed by atoms with Crippen LogP contribution in [-0.4, -0.2) is 48.6 Å². The first-order valence-electron chi connectivity index (χ1n) is 10.6. The molecule has 1 aromatic heterocycles. The highest BCUT2D eigenvalue weighted by Gasteiger charge is 2.25. The molecule has 2 aromatic rings. The lowest BCUT2D eigenvalue weighted by Gasteiger charge is -2.19. The Bertz CT molecular complexity index is 955. The molecule has 1 fully saturated rings. The van der Waals surface area contributed by atoms with E-state index in [9.17, 15) is 13.2 Å². The molecule has 0 aliphatic carbocycles. The minimum absolute atomic E-state index is 0.155. The van der Waals surface area contributed by atoms with E-state index in [4.69, 9.17) is 4.74 Å². The van der Waals surface area contributed by atoms with Crippen molar-refractivity contribution in [3.05, 3.63) is 42.6 Å². The number of carbonyl (C=O) groups excluding carboxylic acids is 1. The molecule has 1 atom stereocenters. The van der Waals surface area contributed by atoms with Crippen molar-refractivity contribution in [3.8, 4) is 5.75 Å². The molecular weight excluding hydrogens is 434 g/mol. The van der Waals surface area contributed by atoms with E-state index < -0.39 is 15.3 Å². The Morgan fingerprint density at radius 1 is 1.13 bits per heavy atom. The van der Waals surface area contributed by atoms with Crippen molar-refractivity contribution in [2.45, 2.75) is 54.7 Å². The van der Waals surface area contributed by atoms with Gasteiger partial charge in [0.1, 0.15) is 10.6 Å². The highest BCUT2D eigenvalue weighted by atomic mass is 32.2. The summed E-state index contributed by atoms with van der Waals surface area (Å²) >= 11 is 1.28. The Hall–Kier alpha value is -2.10. The summed E-state index contributed by atoms with van der Waals surface area (Å²) in [5.41, 5.74) is 0.688. The van der Waals surface area contributed by atoms with Crippen LogP contribution in [0.4, 0.5) is 5.69 Å². The summed E-state index contributed by atoms with van der Waals surface area (Å²) < 4.78 is 32.7. The van der Waals surface area contributed by atoms with Gasteiger partial charge in [-0.2, -0.15) is 4.31 Å². The summed E-state index contributed by atoms with van der Waals surface area (Å²) in [5, 5.41) is 3.08. The van der Waals surface area contributed by atoms with Crippen molar-refractivity contribution in [1.82, 2.24) is 9.29 Å². The summed E-state index contributed by atoms with van der Waals surface area (Å²) in [6.45, 7) is 5.41. The molecule has 3 rings (SSSR count). The van der Waals surface area contributed by atoms with Gasteiger partial charge in [0.15, 0.2) is 0 Å². The predicted octanol–water partition coefficient (Wildman–Crippen LogP) is 4.16. The van der Waals surface area contributed by atoms with Crippen LogP contribution in [-0.2, 0) is 14.8 Å². The van der Waals surface area contributed by atoms with E-state index in [0.29, 0.717) is 30.4 Å². The maximum absolute atomic E-state index is 12.9. The Labute approximate surface area is 188 Å². The number of carbonyl (C=O) groups is 1. The van der Waals surface area contributed by atoms with E-state index in [2.05, 4.69) is 10.3 Å². The van der Waals surface area contributed by atoms with Gasteiger partial charge in [-0.3, -0.25) is 4.79 Å². The molecule has 2 heterocycles. The summed E-state index contributed by atoms with van der Waals surface area (Å²) in [6.07, 6.45) is 5.30. The second kappa shape index (κ2) is 11.0. The Morgan fingerprint density at radius 2 is 1.81 bits per heavy atom. The van der Waals surface area contributed by atoms with Gasteiger partial charge in [-0.1, -0.05) is 24.6 Å². The van der Waals surface area contributed by atoms with Crippen LogP contribution in [0.15, 0.2) is 52.5 Å². The lowest BCUT2D eigenvalue weighted by Crippen LogP contribution is -2.32. The fourth-order valence-corrected chi connectivity index (χ4v) is 5.55. The number of anilines is 1. The number of nitrogens with zero attached hydrogens (tertiary/aromatic N) is 2. The van der Waals surface area contributed by atoms with Crippen molar-refractivity contribution < 1.29 is 17.9 Å². The monoisotopic (exact) mass is 463 g/mol. The van der Waals surface area contributed by atoms with Crippen molar-refractivity contribution in [2.24, 2.45) is 0 Å². The first-order valence-corrected chi connectivity index (χ1v) is 12.9. The molecule has 1 N–H and O–H groups in total. The van der Waals surface area contributed by atoms with Crippen molar-refractivity contribution in [1.29, 1.82) is 0 Å². The molecular formula is C22H29N3O4S2. The number of pyridine rings is 1. The number of hydrogen-bond donors (Lipinski definition) is 1. The van der Waals surface area contributed by atoms with Crippen LogP contribution in [0.5, 0.6) is 5.75 Å². The van der Waals surface area contributed by atoms with Crippen LogP contribution >= 0.6 is 11.8 Å². The van der Waals surface area contributed by atoms with Crippen LogP contribution in [0, 0.1) is 0 Å². The van der Waals surface area contributed by atoms with Crippen LogP contribution in [0.3, 0.4) is 0 Å². The van der Waals surface area contributed by atoms with Crippen LogP contribution in [0.1, 0.15) is 39.5 Å². The number of sulfonamides is 1. The molecule has 31 heavy (non-hydrogen) atoms. The molecule has 7 nitrogen and oxygen atoms in total. The van der Waals surface area contributed by atoms with E-state index in [0.717, 1.165) is 31.4 Å². The first kappa shape index (κ1) is 23.6. The summed E-state index contributed by atoms with van der Waals surface area (Å²) in [4.78, 5) is 17.0. The molecule has 9 heteroatoms. The molecule has 0 spiro atoms. The van der Waals surface area contributed by atoms with E-state index in [1.807, 2.05) is 19.1 Å². The molecule has 0 bridgehead atoms. The third kappa shape index (κ3) is 6.44. The maximum Gasteiger partial charge on any atom is 0.244 e. The van der Waals surface area contributed by atoms with Crippen molar-refractivity contribution in [2.75, 3.05) is 25.0 Å². The molecule has 1 saturated heterocycles. The molecule has 168 valence electrons. The molecule has 1 amide bonds. The van der Waals surface area contributed by atoms with Gasteiger partial charge in [0.2, 0.25) is 15.9 Å². The lowest BCUT2D eigenvalue weighted by molar-refractivity contribution is -0.115. The first-order chi connectivity index (χ1) is 14.9. The number of ether oxygens (including phenoxy) is 1. The van der Waals surface area contributed by atoms with Gasteiger partial charge in [0.05, 0.1) is 16.9 Å². The number of amides is 1. The maximum atomic E-state index is 12.9. The normalized spacial score (nSPS) is 16.3. The number of nitrogens with one attached hydrogen (secondary N) is 1. The fourth-order valence-electron chi connectivity index (χ4n) is 3.30. The summed E-state index contributed by atoms with van der Waals surface area (Å²) in [6, 6.07) is 10.4. The van der Waals surface area contributed by atoms with Gasteiger partial charge < -0.3 is 10.1 Å². The highest BCUT2D eigenvalue weighted by Crippen LogP contribution is 2.25. The number of aromatic nitrogens is 1. The molecule has 1 unspecified atom stereocenters. The topological polar surface area (TPSA) is 88.6 Å². The SMILES string of the molecule is CCOc1ccc(NC(=O)C(C)Sc2ccc(S(=O)(=O)N3CCCCCC3)cn2)cc1. The third-order valence-electron chi connectivity index (χ3n) is 5.01. The van der Waals surface area contributed by atoms with Gasteiger partial charge in [0.25, 0.3) is 0 Å². The van der Waals surface area contributed by atoms with Gasteiger partial charge in [-0.25, -0.2) is 13.4 Å². The minimum atomic E-state index is -3.52. The number of thioether (sulfide) groups is 1. The second-order valence-electron chi connectivity index (χ2n) is 7.36. The van der Waals surface area contributed by atoms with E-state index in [1.165, 1.54) is 18.0 Å². The van der Waals surface area contributed by atoms with Gasteiger partial charge >= 0.3 is 0 Å². The smallest absolute Gasteiger partial charge is 0.244 e.